The van der Waals surface area contributed by atoms with Crippen molar-refractivity contribution in [3.63, 3.8) is 0 Å². The summed E-state index contributed by atoms with van der Waals surface area (Å²) in [6.45, 7) is 2.63. The number of carbonyl (C=O) groups excluding carboxylic acids is 2. The molecule has 1 aliphatic rings. The van der Waals surface area contributed by atoms with Crippen molar-refractivity contribution in [2.45, 2.75) is 0 Å². The van der Waals surface area contributed by atoms with Crippen LogP contribution in [0.5, 0.6) is 11.5 Å². The molecule has 0 saturated carbocycles. The Balaban J connectivity index is 1.16. The van der Waals surface area contributed by atoms with Crippen molar-refractivity contribution in [1.82, 2.24) is 9.88 Å². The molecule has 0 unspecified atom stereocenters. The molecule has 0 atom stereocenters. The van der Waals surface area contributed by atoms with Crippen LogP contribution in [0.1, 0.15) is 20.0 Å². The number of hydrogen-bond donors (Lipinski definition) is 2. The Labute approximate surface area is 218 Å². The van der Waals surface area contributed by atoms with Crippen molar-refractivity contribution >= 4 is 34.5 Å². The molecule has 0 spiro atoms. The molecule has 2 N–H and O–H groups in total. The number of nitrogens with zero attached hydrogens (tertiary/aromatic N) is 3. The number of anilines is 2. The lowest BCUT2D eigenvalue weighted by Crippen LogP contribution is -2.48. The molecule has 1 aliphatic heterocycles. The summed E-state index contributed by atoms with van der Waals surface area (Å²) in [5, 5.41) is 14.5. The van der Waals surface area contributed by atoms with E-state index in [1.165, 1.54) is 17.5 Å². The number of pyridine rings is 1. The number of ether oxygens (including phenoxy) is 1. The Kier molecular flexibility index (Phi) is 7.04. The molecular formula is C28H26N4O4S. The predicted molar refractivity (Wildman–Crippen MR) is 145 cm³/mol. The zero-order valence-corrected chi connectivity index (χ0v) is 21.1. The molecule has 3 heterocycles. The first-order valence-electron chi connectivity index (χ1n) is 11.8. The van der Waals surface area contributed by atoms with E-state index in [2.05, 4.69) is 15.2 Å². The summed E-state index contributed by atoms with van der Waals surface area (Å²) >= 11 is 1.40. The van der Waals surface area contributed by atoms with Crippen LogP contribution in [0.4, 0.5) is 11.4 Å². The highest BCUT2D eigenvalue weighted by Gasteiger charge is 2.24. The van der Waals surface area contributed by atoms with Gasteiger partial charge in [0.25, 0.3) is 11.8 Å². The number of thiophene rings is 1. The molecule has 1 fully saturated rings. The van der Waals surface area contributed by atoms with Gasteiger partial charge in [0.2, 0.25) is 0 Å². The van der Waals surface area contributed by atoms with Gasteiger partial charge in [0.15, 0.2) is 0 Å². The van der Waals surface area contributed by atoms with Crippen LogP contribution in [-0.2, 0) is 0 Å². The summed E-state index contributed by atoms with van der Waals surface area (Å²) in [5.74, 6) is 0.660. The molecule has 0 radical (unpaired) electrons. The van der Waals surface area contributed by atoms with Gasteiger partial charge < -0.3 is 25.0 Å². The normalized spacial score (nSPS) is 13.3. The topological polar surface area (TPSA) is 95.0 Å². The van der Waals surface area contributed by atoms with E-state index in [9.17, 15) is 14.7 Å². The number of rotatable bonds is 6. The molecular weight excluding hydrogens is 488 g/mol. The van der Waals surface area contributed by atoms with Crippen LogP contribution in [0.3, 0.4) is 0 Å². The van der Waals surface area contributed by atoms with Gasteiger partial charge in [0, 0.05) is 54.9 Å². The Morgan fingerprint density at radius 1 is 0.946 bits per heavy atom. The van der Waals surface area contributed by atoms with Crippen LogP contribution in [0.25, 0.3) is 11.1 Å². The van der Waals surface area contributed by atoms with Crippen LogP contribution in [0.15, 0.2) is 78.4 Å². The largest absolute Gasteiger partial charge is 0.506 e. The van der Waals surface area contributed by atoms with Gasteiger partial charge in [0.1, 0.15) is 11.5 Å². The fourth-order valence-electron chi connectivity index (χ4n) is 4.21. The molecule has 2 aromatic heterocycles. The molecule has 8 nitrogen and oxygen atoms in total. The zero-order valence-electron chi connectivity index (χ0n) is 20.3. The second-order valence-electron chi connectivity index (χ2n) is 8.64. The van der Waals surface area contributed by atoms with E-state index in [4.69, 9.17) is 4.74 Å². The maximum absolute atomic E-state index is 13.1. The molecule has 1 saturated heterocycles. The third-order valence-electron chi connectivity index (χ3n) is 6.28. The second kappa shape index (κ2) is 10.7. The number of carbonyl (C=O) groups is 2. The standard InChI is InChI=1S/C28H26N4O4S/c1-36-25-8-4-22(5-9-25)30-27(34)19-2-6-23(7-3-19)31-10-12-32(13-11-31)28(35)26-15-21(18-37-26)20-14-24(33)17-29-16-20/h2-9,14-18,33H,10-13H2,1H3,(H,30,34). The number of methoxy groups -OCH3 is 1. The van der Waals surface area contributed by atoms with Gasteiger partial charge in [0.05, 0.1) is 18.2 Å². The number of aromatic hydroxyl groups is 1. The van der Waals surface area contributed by atoms with Crippen molar-refractivity contribution in [2.24, 2.45) is 0 Å². The zero-order chi connectivity index (χ0) is 25.8. The number of nitrogens with one attached hydrogen (secondary N) is 1. The maximum atomic E-state index is 13.1. The van der Waals surface area contributed by atoms with Crippen LogP contribution >= 0.6 is 11.3 Å². The van der Waals surface area contributed by atoms with Gasteiger partial charge in [-0.25, -0.2) is 0 Å². The predicted octanol–water partition coefficient (Wildman–Crippen LogP) is 4.74. The van der Waals surface area contributed by atoms with Gasteiger partial charge in [-0.1, -0.05) is 0 Å². The third kappa shape index (κ3) is 5.57. The fraction of sp³-hybridized carbons (Fsp3) is 0.179. The Hall–Kier alpha value is -4.37. The minimum Gasteiger partial charge on any atom is -0.506 e. The van der Waals surface area contributed by atoms with Gasteiger partial charge in [-0.15, -0.1) is 11.3 Å². The average molecular weight is 515 g/mol. The lowest BCUT2D eigenvalue weighted by Gasteiger charge is -2.36. The molecule has 2 aromatic carbocycles. The summed E-state index contributed by atoms with van der Waals surface area (Å²) in [5.41, 5.74) is 3.94. The molecule has 2 amide bonds. The van der Waals surface area contributed by atoms with E-state index >= 15 is 0 Å². The van der Waals surface area contributed by atoms with Crippen LogP contribution in [0.2, 0.25) is 0 Å². The molecule has 37 heavy (non-hydrogen) atoms. The molecule has 0 aliphatic carbocycles. The highest BCUT2D eigenvalue weighted by atomic mass is 32.1. The Morgan fingerprint density at radius 3 is 2.35 bits per heavy atom. The molecule has 188 valence electrons. The summed E-state index contributed by atoms with van der Waals surface area (Å²) in [7, 11) is 1.60. The van der Waals surface area contributed by atoms with Crippen LogP contribution in [-0.4, -0.2) is 60.1 Å². The van der Waals surface area contributed by atoms with Gasteiger partial charge in [-0.3, -0.25) is 14.6 Å². The molecule has 5 rings (SSSR count). The van der Waals surface area contributed by atoms with Crippen LogP contribution in [0, 0.1) is 0 Å². The maximum Gasteiger partial charge on any atom is 0.264 e. The first-order chi connectivity index (χ1) is 18.0. The van der Waals surface area contributed by atoms with E-state index < -0.39 is 0 Å². The first kappa shape index (κ1) is 24.3. The number of piperazine rings is 1. The van der Waals surface area contributed by atoms with Crippen molar-refractivity contribution in [1.29, 1.82) is 0 Å². The molecule has 4 aromatic rings. The van der Waals surface area contributed by atoms with E-state index in [-0.39, 0.29) is 17.6 Å². The van der Waals surface area contributed by atoms with Crippen molar-refractivity contribution in [3.05, 3.63) is 88.9 Å². The SMILES string of the molecule is COc1ccc(NC(=O)c2ccc(N3CCN(C(=O)c4cc(-c5cncc(O)c5)cs4)CC3)cc2)cc1. The Morgan fingerprint density at radius 2 is 1.68 bits per heavy atom. The van der Waals surface area contributed by atoms with Crippen molar-refractivity contribution in [2.75, 3.05) is 43.5 Å². The number of hydrogen-bond acceptors (Lipinski definition) is 7. The van der Waals surface area contributed by atoms with E-state index in [0.29, 0.717) is 42.3 Å². The molecule has 0 bridgehead atoms. The minimum absolute atomic E-state index is 0.00885. The second-order valence-corrected chi connectivity index (χ2v) is 9.55. The van der Waals surface area contributed by atoms with Gasteiger partial charge in [-0.05, 0) is 71.6 Å². The average Bonchev–Trinajstić information content (AvgIpc) is 3.44. The van der Waals surface area contributed by atoms with E-state index in [1.807, 2.05) is 40.6 Å². The van der Waals surface area contributed by atoms with Gasteiger partial charge >= 0.3 is 0 Å². The highest BCUT2D eigenvalue weighted by Crippen LogP contribution is 2.28. The Bertz CT molecular complexity index is 1390. The summed E-state index contributed by atoms with van der Waals surface area (Å²) in [6.07, 6.45) is 3.05. The van der Waals surface area contributed by atoms with Crippen molar-refractivity contribution in [3.8, 4) is 22.6 Å². The third-order valence-corrected chi connectivity index (χ3v) is 7.19. The van der Waals surface area contributed by atoms with E-state index in [1.54, 1.807) is 43.6 Å². The quantitative estimate of drug-likeness (QED) is 0.386. The highest BCUT2D eigenvalue weighted by molar-refractivity contribution is 7.12. The van der Waals surface area contributed by atoms with E-state index in [0.717, 1.165) is 22.6 Å². The lowest BCUT2D eigenvalue weighted by atomic mass is 10.1. The smallest absolute Gasteiger partial charge is 0.264 e. The first-order valence-corrected chi connectivity index (χ1v) is 12.7. The fourth-order valence-corrected chi connectivity index (χ4v) is 5.09. The number of aromatic nitrogens is 1. The number of benzene rings is 2. The monoisotopic (exact) mass is 514 g/mol. The van der Waals surface area contributed by atoms with Gasteiger partial charge in [-0.2, -0.15) is 0 Å². The van der Waals surface area contributed by atoms with Crippen molar-refractivity contribution < 1.29 is 19.4 Å². The van der Waals surface area contributed by atoms with Crippen LogP contribution < -0.4 is 15.0 Å². The number of amides is 2. The minimum atomic E-state index is -0.177. The molecule has 9 heteroatoms. The summed E-state index contributed by atoms with van der Waals surface area (Å²) in [6, 6.07) is 18.2. The lowest BCUT2D eigenvalue weighted by molar-refractivity contribution is 0.0751. The summed E-state index contributed by atoms with van der Waals surface area (Å²) in [4.78, 5) is 34.4. The summed E-state index contributed by atoms with van der Waals surface area (Å²) < 4.78 is 5.14.